The summed E-state index contributed by atoms with van der Waals surface area (Å²) < 4.78 is 5.60. The number of thioether (sulfide) groups is 1. The molecule has 4 heterocycles. The van der Waals surface area contributed by atoms with Gasteiger partial charge in [0.1, 0.15) is 16.3 Å². The second-order valence-electron chi connectivity index (χ2n) is 7.53. The van der Waals surface area contributed by atoms with Crippen LogP contribution in [-0.4, -0.2) is 32.8 Å². The van der Waals surface area contributed by atoms with E-state index in [0.29, 0.717) is 43.3 Å². The number of pyridine rings is 1. The highest BCUT2D eigenvalue weighted by Gasteiger charge is 2.32. The van der Waals surface area contributed by atoms with Crippen LogP contribution < -0.4 is 5.32 Å². The van der Waals surface area contributed by atoms with E-state index in [4.69, 9.17) is 27.9 Å². The molecule has 1 amide bonds. The zero-order valence-electron chi connectivity index (χ0n) is 18.1. The second-order valence-corrected chi connectivity index (χ2v) is 10.3. The zero-order valence-corrected chi connectivity index (χ0v) is 21.2. The number of fused-ring (bicyclic) bond motifs is 1. The first-order valence-corrected chi connectivity index (χ1v) is 12.9. The van der Waals surface area contributed by atoms with Gasteiger partial charge in [-0.05, 0) is 48.7 Å². The number of benzene rings is 1. The molecule has 1 aliphatic heterocycles. The van der Waals surface area contributed by atoms with E-state index in [-0.39, 0.29) is 11.7 Å². The number of H-pyrrole nitrogens is 1. The molecule has 11 heteroatoms. The van der Waals surface area contributed by atoms with E-state index in [1.165, 1.54) is 0 Å². The number of anilines is 1. The smallest absolute Gasteiger partial charge is 0.347 e. The molecule has 4 aromatic rings. The Labute approximate surface area is 218 Å². The Balaban J connectivity index is 1.39. The highest BCUT2D eigenvalue weighted by molar-refractivity contribution is 8.00. The Hall–Kier alpha value is -3.11. The molecule has 3 aromatic heterocycles. The van der Waals surface area contributed by atoms with E-state index in [9.17, 15) is 9.59 Å². The molecular weight excluding hydrogens is 527 g/mol. The largest absolute Gasteiger partial charge is 0.422 e. The zero-order chi connectivity index (χ0) is 24.5. The van der Waals surface area contributed by atoms with Crippen LogP contribution >= 0.6 is 46.3 Å². The molecule has 1 aromatic carbocycles. The molecule has 35 heavy (non-hydrogen) atoms. The summed E-state index contributed by atoms with van der Waals surface area (Å²) in [5.74, 6) is -0.367. The normalized spacial score (nSPS) is 13.7. The van der Waals surface area contributed by atoms with Gasteiger partial charge < -0.3 is 10.1 Å². The van der Waals surface area contributed by atoms with E-state index in [1.54, 1.807) is 47.9 Å². The third-order valence-corrected chi connectivity index (χ3v) is 7.47. The Bertz CT molecular complexity index is 1480. The molecule has 0 saturated heterocycles. The van der Waals surface area contributed by atoms with Gasteiger partial charge in [-0.2, -0.15) is 5.10 Å². The lowest BCUT2D eigenvalue weighted by molar-refractivity contribution is -0.113. The molecule has 0 spiro atoms. The van der Waals surface area contributed by atoms with Crippen molar-refractivity contribution in [2.24, 2.45) is 0 Å². The predicted octanol–water partition coefficient (Wildman–Crippen LogP) is 6.55. The van der Waals surface area contributed by atoms with Gasteiger partial charge >= 0.3 is 5.97 Å². The number of aromatic nitrogens is 3. The van der Waals surface area contributed by atoms with Gasteiger partial charge in [0, 0.05) is 21.8 Å². The fraction of sp³-hybridized carbons (Fsp3) is 0.0833. The number of carbonyl (C=O) groups excluding carboxylic acids is 2. The van der Waals surface area contributed by atoms with Crippen molar-refractivity contribution in [3.8, 4) is 10.6 Å². The van der Waals surface area contributed by atoms with Crippen LogP contribution in [0.15, 0.2) is 53.0 Å². The van der Waals surface area contributed by atoms with Gasteiger partial charge in [-0.1, -0.05) is 41.0 Å². The number of rotatable bonds is 6. The monoisotopic (exact) mass is 542 g/mol. The molecule has 5 rings (SSSR count). The van der Waals surface area contributed by atoms with Crippen molar-refractivity contribution in [2.45, 2.75) is 11.9 Å². The van der Waals surface area contributed by atoms with Crippen molar-refractivity contribution in [2.75, 3.05) is 11.1 Å². The molecule has 7 nitrogen and oxygen atoms in total. The van der Waals surface area contributed by atoms with Gasteiger partial charge in [-0.15, -0.1) is 11.3 Å². The number of cyclic esters (lactones) is 1. The van der Waals surface area contributed by atoms with Gasteiger partial charge in [0.15, 0.2) is 0 Å². The summed E-state index contributed by atoms with van der Waals surface area (Å²) in [6, 6.07) is 10.6. The fourth-order valence-electron chi connectivity index (χ4n) is 3.53. The van der Waals surface area contributed by atoms with Crippen molar-refractivity contribution in [1.29, 1.82) is 0 Å². The summed E-state index contributed by atoms with van der Waals surface area (Å²) in [6.07, 6.45) is 3.47. The lowest BCUT2D eigenvalue weighted by Crippen LogP contribution is -2.15. The molecule has 0 radical (unpaired) electrons. The van der Waals surface area contributed by atoms with Crippen LogP contribution in [0.5, 0.6) is 0 Å². The number of nitrogens with zero attached hydrogens (tertiary/aromatic N) is 2. The maximum Gasteiger partial charge on any atom is 0.347 e. The van der Waals surface area contributed by atoms with Gasteiger partial charge in [-0.25, -0.2) is 9.78 Å². The quantitative estimate of drug-likeness (QED) is 0.212. The SMILES string of the molecule is Cc1cc2c(c(SCC(=O)Nc3ccc(Cl)cc3Cl)n1)C(=O)OC2=Cc1cn[nH]c1-c1cccs1. The fourth-order valence-corrected chi connectivity index (χ4v) is 5.61. The molecule has 2 N–H and O–H groups in total. The number of hydrogen-bond acceptors (Lipinski definition) is 7. The lowest BCUT2D eigenvalue weighted by atomic mass is 10.1. The maximum atomic E-state index is 12.8. The maximum absolute atomic E-state index is 12.8. The third-order valence-electron chi connectivity index (χ3n) is 5.05. The minimum absolute atomic E-state index is 0.0262. The molecule has 176 valence electrons. The van der Waals surface area contributed by atoms with Crippen LogP contribution in [0.25, 0.3) is 22.4 Å². The average Bonchev–Trinajstić information content (AvgIpc) is 3.55. The Kier molecular flexibility index (Phi) is 6.66. The highest BCUT2D eigenvalue weighted by atomic mass is 35.5. The first kappa shape index (κ1) is 23.6. The van der Waals surface area contributed by atoms with Gasteiger partial charge in [0.2, 0.25) is 5.91 Å². The molecule has 0 fully saturated rings. The molecular formula is C24H16Cl2N4O3S2. The van der Waals surface area contributed by atoms with E-state index in [2.05, 4.69) is 20.5 Å². The molecule has 0 aliphatic carbocycles. The summed E-state index contributed by atoms with van der Waals surface area (Å²) in [6.45, 7) is 1.83. The number of hydrogen-bond donors (Lipinski definition) is 2. The van der Waals surface area contributed by atoms with Gasteiger partial charge in [0.25, 0.3) is 0 Å². The van der Waals surface area contributed by atoms with Crippen molar-refractivity contribution in [3.05, 3.63) is 80.4 Å². The summed E-state index contributed by atoms with van der Waals surface area (Å²) in [4.78, 5) is 30.8. The number of esters is 1. The van der Waals surface area contributed by atoms with Gasteiger partial charge in [0.05, 0.1) is 33.2 Å². The topological polar surface area (TPSA) is 97.0 Å². The number of halogens is 2. The molecule has 1 aliphatic rings. The van der Waals surface area contributed by atoms with Crippen molar-refractivity contribution in [1.82, 2.24) is 15.2 Å². The van der Waals surface area contributed by atoms with Crippen molar-refractivity contribution in [3.63, 3.8) is 0 Å². The Morgan fingerprint density at radius 1 is 1.29 bits per heavy atom. The van der Waals surface area contributed by atoms with Gasteiger partial charge in [-0.3, -0.25) is 9.89 Å². The van der Waals surface area contributed by atoms with Crippen LogP contribution in [0.4, 0.5) is 5.69 Å². The summed E-state index contributed by atoms with van der Waals surface area (Å²) >= 11 is 14.8. The molecule has 0 bridgehead atoms. The van der Waals surface area contributed by atoms with Crippen molar-refractivity contribution >= 4 is 75.7 Å². The first-order valence-electron chi connectivity index (χ1n) is 10.3. The van der Waals surface area contributed by atoms with Crippen LogP contribution in [0, 0.1) is 6.92 Å². The minimum atomic E-state index is -0.511. The van der Waals surface area contributed by atoms with Crippen molar-refractivity contribution < 1.29 is 14.3 Å². The summed E-state index contributed by atoms with van der Waals surface area (Å²) in [5.41, 5.74) is 3.76. The van der Waals surface area contributed by atoms with Crippen LogP contribution in [0.1, 0.15) is 27.2 Å². The standard InChI is InChI=1S/C24H16Cl2N4O3S2/c1-12-7-15-18(8-13-10-27-30-22(13)19-3-2-6-34-19)33-24(32)21(15)23(28-12)35-11-20(31)29-17-5-4-14(25)9-16(17)26/h2-10H,11H2,1H3,(H,27,30)(H,29,31). The lowest BCUT2D eigenvalue weighted by Gasteiger charge is -2.09. The number of aromatic amines is 1. The Morgan fingerprint density at radius 2 is 2.14 bits per heavy atom. The Morgan fingerprint density at radius 3 is 2.91 bits per heavy atom. The number of thiophene rings is 1. The first-order chi connectivity index (χ1) is 16.9. The molecule has 0 atom stereocenters. The molecule has 0 saturated carbocycles. The number of amides is 1. The number of carbonyl (C=O) groups is 2. The predicted molar refractivity (Wildman–Crippen MR) is 140 cm³/mol. The van der Waals surface area contributed by atoms with E-state index < -0.39 is 5.97 Å². The third kappa shape index (κ3) is 4.99. The average molecular weight is 543 g/mol. The summed E-state index contributed by atoms with van der Waals surface area (Å²) in [5, 5.41) is 13.1. The van der Waals surface area contributed by atoms with Crippen LogP contribution in [-0.2, 0) is 9.53 Å². The highest BCUT2D eigenvalue weighted by Crippen LogP contribution is 2.38. The number of nitrogens with one attached hydrogen (secondary N) is 2. The number of ether oxygens (including phenoxy) is 1. The van der Waals surface area contributed by atoms with Crippen LogP contribution in [0.2, 0.25) is 10.0 Å². The second kappa shape index (κ2) is 9.87. The van der Waals surface area contributed by atoms with E-state index in [1.807, 2.05) is 24.4 Å². The number of aryl methyl sites for hydroxylation is 1. The minimum Gasteiger partial charge on any atom is -0.422 e. The summed E-state index contributed by atoms with van der Waals surface area (Å²) in [7, 11) is 0. The van der Waals surface area contributed by atoms with E-state index in [0.717, 1.165) is 27.9 Å². The molecule has 0 unspecified atom stereocenters. The van der Waals surface area contributed by atoms with Crippen LogP contribution in [0.3, 0.4) is 0 Å². The van der Waals surface area contributed by atoms with E-state index >= 15 is 0 Å².